The van der Waals surface area contributed by atoms with E-state index in [1.807, 2.05) is 4.90 Å². The van der Waals surface area contributed by atoms with Crippen LogP contribution in [-0.2, 0) is 4.74 Å². The highest BCUT2D eigenvalue weighted by Crippen LogP contribution is 2.22. The summed E-state index contributed by atoms with van der Waals surface area (Å²) >= 11 is 0. The molecule has 0 spiro atoms. The molecule has 0 saturated carbocycles. The van der Waals surface area contributed by atoms with E-state index in [0.29, 0.717) is 5.69 Å². The molecule has 2 heterocycles. The Bertz CT molecular complexity index is 556. The Balaban J connectivity index is 1.58. The maximum absolute atomic E-state index is 13.0. The van der Waals surface area contributed by atoms with Crippen molar-refractivity contribution in [3.8, 4) is 0 Å². The highest BCUT2D eigenvalue weighted by atomic mass is 19.1. The molecule has 3 atom stereocenters. The summed E-state index contributed by atoms with van der Waals surface area (Å²) in [5.74, 6) is -0.303. The summed E-state index contributed by atoms with van der Waals surface area (Å²) in [6, 6.07) is 6.01. The van der Waals surface area contributed by atoms with Gasteiger partial charge in [0.05, 0.1) is 12.2 Å². The van der Waals surface area contributed by atoms with Crippen LogP contribution in [0.1, 0.15) is 26.7 Å². The van der Waals surface area contributed by atoms with Crippen LogP contribution in [0.4, 0.5) is 14.9 Å². The molecule has 0 aromatic heterocycles. The predicted octanol–water partition coefficient (Wildman–Crippen LogP) is 2.93. The van der Waals surface area contributed by atoms with Crippen molar-refractivity contribution >= 4 is 11.7 Å². The van der Waals surface area contributed by atoms with Crippen LogP contribution >= 0.6 is 0 Å². The second-order valence-corrected chi connectivity index (χ2v) is 6.90. The minimum Gasteiger partial charge on any atom is -0.373 e. The van der Waals surface area contributed by atoms with Gasteiger partial charge < -0.3 is 15.0 Å². The average Bonchev–Trinajstić information content (AvgIpc) is 2.96. The molecule has 132 valence electrons. The van der Waals surface area contributed by atoms with Gasteiger partial charge in [-0.1, -0.05) is 0 Å². The summed E-state index contributed by atoms with van der Waals surface area (Å²) in [5, 5.41) is 2.87. The third-order valence-electron chi connectivity index (χ3n) is 4.70. The van der Waals surface area contributed by atoms with Gasteiger partial charge in [-0.15, -0.1) is 0 Å². The Morgan fingerprint density at radius 2 is 1.92 bits per heavy atom. The van der Waals surface area contributed by atoms with E-state index < -0.39 is 0 Å². The fourth-order valence-electron chi connectivity index (χ4n) is 3.75. The third kappa shape index (κ3) is 4.24. The Labute approximate surface area is 142 Å². The van der Waals surface area contributed by atoms with Crippen LogP contribution in [0, 0.1) is 5.82 Å². The monoisotopic (exact) mass is 335 g/mol. The zero-order valence-corrected chi connectivity index (χ0v) is 14.4. The smallest absolute Gasteiger partial charge is 0.322 e. The fraction of sp³-hybridized carbons (Fsp3) is 0.611. The first kappa shape index (κ1) is 17.2. The molecule has 6 heteroatoms. The summed E-state index contributed by atoms with van der Waals surface area (Å²) in [6.07, 6.45) is 2.52. The highest BCUT2D eigenvalue weighted by Gasteiger charge is 2.32. The second kappa shape index (κ2) is 7.49. The Morgan fingerprint density at radius 3 is 2.58 bits per heavy atom. The number of halogens is 1. The SMILES string of the molecule is C[C@@H]1CN(C[C@H]2CCCN2C(=O)Nc2ccc(F)cc2)C[C@H](C)O1. The van der Waals surface area contributed by atoms with Gasteiger partial charge in [0.15, 0.2) is 0 Å². The molecule has 3 rings (SSSR count). The van der Waals surface area contributed by atoms with E-state index in [-0.39, 0.29) is 30.1 Å². The number of anilines is 1. The molecule has 0 aliphatic carbocycles. The number of hydrogen-bond acceptors (Lipinski definition) is 3. The number of nitrogens with zero attached hydrogens (tertiary/aromatic N) is 2. The normalized spacial score (nSPS) is 28.1. The quantitative estimate of drug-likeness (QED) is 0.924. The lowest BCUT2D eigenvalue weighted by atomic mass is 10.1. The van der Waals surface area contributed by atoms with Crippen LogP contribution in [0.15, 0.2) is 24.3 Å². The number of benzene rings is 1. The molecule has 0 unspecified atom stereocenters. The van der Waals surface area contributed by atoms with Gasteiger partial charge in [-0.05, 0) is 51.0 Å². The first-order valence-corrected chi connectivity index (χ1v) is 8.72. The third-order valence-corrected chi connectivity index (χ3v) is 4.70. The van der Waals surface area contributed by atoms with Gasteiger partial charge in [0.1, 0.15) is 5.82 Å². The number of ether oxygens (including phenoxy) is 1. The molecule has 2 saturated heterocycles. The molecular weight excluding hydrogens is 309 g/mol. The molecule has 1 N–H and O–H groups in total. The van der Waals surface area contributed by atoms with Crippen LogP contribution in [0.25, 0.3) is 0 Å². The van der Waals surface area contributed by atoms with Crippen molar-refractivity contribution in [2.75, 3.05) is 31.5 Å². The first-order chi connectivity index (χ1) is 11.5. The molecule has 2 fully saturated rings. The van der Waals surface area contributed by atoms with Gasteiger partial charge in [0.2, 0.25) is 0 Å². The fourth-order valence-corrected chi connectivity index (χ4v) is 3.75. The van der Waals surface area contributed by atoms with Gasteiger partial charge in [0.25, 0.3) is 0 Å². The van der Waals surface area contributed by atoms with Crippen molar-refractivity contribution in [3.63, 3.8) is 0 Å². The van der Waals surface area contributed by atoms with Crippen molar-refractivity contribution in [2.24, 2.45) is 0 Å². The predicted molar refractivity (Wildman–Crippen MR) is 91.6 cm³/mol. The number of urea groups is 1. The maximum Gasteiger partial charge on any atom is 0.322 e. The molecule has 24 heavy (non-hydrogen) atoms. The molecule has 0 bridgehead atoms. The molecule has 1 aromatic rings. The largest absolute Gasteiger partial charge is 0.373 e. The summed E-state index contributed by atoms with van der Waals surface area (Å²) in [4.78, 5) is 16.9. The number of likely N-dealkylation sites (tertiary alicyclic amines) is 1. The molecule has 2 aliphatic heterocycles. The number of hydrogen-bond donors (Lipinski definition) is 1. The van der Waals surface area contributed by atoms with Crippen LogP contribution < -0.4 is 5.32 Å². The van der Waals surface area contributed by atoms with E-state index in [1.165, 1.54) is 12.1 Å². The van der Waals surface area contributed by atoms with Crippen molar-refractivity contribution in [1.82, 2.24) is 9.80 Å². The minimum atomic E-state index is -0.303. The number of nitrogens with one attached hydrogen (secondary N) is 1. The number of morpholine rings is 1. The number of carbonyl (C=O) groups is 1. The first-order valence-electron chi connectivity index (χ1n) is 8.72. The van der Waals surface area contributed by atoms with E-state index in [2.05, 4.69) is 24.1 Å². The zero-order chi connectivity index (χ0) is 17.1. The second-order valence-electron chi connectivity index (χ2n) is 6.90. The summed E-state index contributed by atoms with van der Waals surface area (Å²) < 4.78 is 18.8. The summed E-state index contributed by atoms with van der Waals surface area (Å²) in [7, 11) is 0. The molecule has 0 radical (unpaired) electrons. The molecule has 5 nitrogen and oxygen atoms in total. The van der Waals surface area contributed by atoms with Crippen LogP contribution in [0.5, 0.6) is 0 Å². The van der Waals surface area contributed by atoms with E-state index in [0.717, 1.165) is 39.0 Å². The topological polar surface area (TPSA) is 44.8 Å². The summed E-state index contributed by atoms with van der Waals surface area (Å²) in [5.41, 5.74) is 0.626. The number of carbonyl (C=O) groups excluding carboxylic acids is 1. The lowest BCUT2D eigenvalue weighted by molar-refractivity contribution is -0.0712. The van der Waals surface area contributed by atoms with Gasteiger partial charge in [-0.3, -0.25) is 4.90 Å². The van der Waals surface area contributed by atoms with E-state index >= 15 is 0 Å². The Kier molecular flexibility index (Phi) is 5.36. The Hall–Kier alpha value is -1.66. The lowest BCUT2D eigenvalue weighted by Crippen LogP contribution is -2.51. The average molecular weight is 335 g/mol. The lowest BCUT2D eigenvalue weighted by Gasteiger charge is -2.38. The standard InChI is InChI=1S/C18H26FN3O2/c1-13-10-21(11-14(2)24-13)12-17-4-3-9-22(17)18(23)20-16-7-5-15(19)6-8-16/h5-8,13-14,17H,3-4,9-12H2,1-2H3,(H,20,23)/t13-,14+,17-/m1/s1. The van der Waals surface area contributed by atoms with E-state index in [1.54, 1.807) is 12.1 Å². The van der Waals surface area contributed by atoms with Crippen LogP contribution in [-0.4, -0.2) is 60.3 Å². The van der Waals surface area contributed by atoms with E-state index in [9.17, 15) is 9.18 Å². The van der Waals surface area contributed by atoms with Crippen molar-refractivity contribution in [2.45, 2.75) is 44.9 Å². The zero-order valence-electron chi connectivity index (χ0n) is 14.4. The summed E-state index contributed by atoms with van der Waals surface area (Å²) in [6.45, 7) is 7.66. The molecule has 2 amide bonds. The molecule has 2 aliphatic rings. The van der Waals surface area contributed by atoms with Crippen molar-refractivity contribution in [1.29, 1.82) is 0 Å². The van der Waals surface area contributed by atoms with E-state index in [4.69, 9.17) is 4.74 Å². The van der Waals surface area contributed by atoms with Crippen LogP contribution in [0.3, 0.4) is 0 Å². The highest BCUT2D eigenvalue weighted by molar-refractivity contribution is 5.89. The number of rotatable bonds is 3. The maximum atomic E-state index is 13.0. The van der Waals surface area contributed by atoms with Gasteiger partial charge >= 0.3 is 6.03 Å². The van der Waals surface area contributed by atoms with Gasteiger partial charge in [-0.2, -0.15) is 0 Å². The van der Waals surface area contributed by atoms with Gasteiger partial charge in [-0.25, -0.2) is 9.18 Å². The van der Waals surface area contributed by atoms with Crippen molar-refractivity contribution < 1.29 is 13.9 Å². The van der Waals surface area contributed by atoms with Crippen LogP contribution in [0.2, 0.25) is 0 Å². The Morgan fingerprint density at radius 1 is 1.25 bits per heavy atom. The molecule has 1 aromatic carbocycles. The molecular formula is C18H26FN3O2. The number of amides is 2. The van der Waals surface area contributed by atoms with Crippen molar-refractivity contribution in [3.05, 3.63) is 30.1 Å². The minimum absolute atomic E-state index is 0.0986. The van der Waals surface area contributed by atoms with Gasteiger partial charge in [0, 0.05) is 37.9 Å².